The number of carbonyl (C=O) groups is 1. The molecule has 2 aromatic rings. The lowest BCUT2D eigenvalue weighted by atomic mass is 10.1. The highest BCUT2D eigenvalue weighted by Gasteiger charge is 2.21. The van der Waals surface area contributed by atoms with Crippen LogP contribution < -0.4 is 5.73 Å². The molecule has 0 radical (unpaired) electrons. The Morgan fingerprint density at radius 1 is 1.37 bits per heavy atom. The minimum Gasteiger partial charge on any atom is -0.398 e. The summed E-state index contributed by atoms with van der Waals surface area (Å²) in [6.07, 6.45) is 1.63. The third kappa shape index (κ3) is 2.74. The molecule has 0 amide bonds. The van der Waals surface area contributed by atoms with Crippen molar-refractivity contribution in [3.8, 4) is 0 Å². The van der Waals surface area contributed by atoms with Crippen LogP contribution in [0.5, 0.6) is 0 Å². The first kappa shape index (κ1) is 14.3. The van der Waals surface area contributed by atoms with Crippen LogP contribution in [0.25, 0.3) is 0 Å². The topological polar surface area (TPSA) is 60.9 Å². The minimum atomic E-state index is -0.136. The van der Waals surface area contributed by atoms with Crippen LogP contribution >= 0.6 is 31.9 Å². The van der Waals surface area contributed by atoms with E-state index in [2.05, 4.69) is 37.0 Å². The summed E-state index contributed by atoms with van der Waals surface area (Å²) in [7, 11) is 0. The van der Waals surface area contributed by atoms with Gasteiger partial charge in [0.2, 0.25) is 5.78 Å². The highest BCUT2D eigenvalue weighted by molar-refractivity contribution is 9.10. The predicted molar refractivity (Wildman–Crippen MR) is 82.3 cm³/mol. The summed E-state index contributed by atoms with van der Waals surface area (Å²) in [5.41, 5.74) is 7.35. The van der Waals surface area contributed by atoms with Gasteiger partial charge in [0.1, 0.15) is 5.69 Å². The number of carbonyl (C=O) groups excluding carboxylic acids is 1. The maximum atomic E-state index is 12.6. The van der Waals surface area contributed by atoms with E-state index in [1.807, 2.05) is 13.8 Å². The highest BCUT2D eigenvalue weighted by atomic mass is 79.9. The minimum absolute atomic E-state index is 0.0990. The second kappa shape index (κ2) is 5.46. The smallest absolute Gasteiger partial charge is 0.214 e. The second-order valence-corrected chi connectivity index (χ2v) is 6.21. The number of nitrogen functional groups attached to an aromatic ring is 1. The molecule has 2 N–H and O–H groups in total. The van der Waals surface area contributed by atoms with Crippen molar-refractivity contribution in [3.63, 3.8) is 0 Å². The molecule has 0 saturated heterocycles. The zero-order valence-electron chi connectivity index (χ0n) is 10.5. The molecular formula is C13H13Br2N3O. The van der Waals surface area contributed by atoms with Crippen LogP contribution in [0.2, 0.25) is 0 Å². The SMILES string of the molecule is CC(C)n1ncc(Br)c1C(=O)c1ccc(Br)cc1N. The largest absolute Gasteiger partial charge is 0.398 e. The Bertz CT molecular complexity index is 635. The predicted octanol–water partition coefficient (Wildman–Crippen LogP) is 3.80. The first-order chi connectivity index (χ1) is 8.91. The Labute approximate surface area is 128 Å². The van der Waals surface area contributed by atoms with Crippen molar-refractivity contribution >= 4 is 43.3 Å². The fraction of sp³-hybridized carbons (Fsp3) is 0.231. The summed E-state index contributed by atoms with van der Waals surface area (Å²) in [5, 5.41) is 4.21. The molecule has 4 nitrogen and oxygen atoms in total. The summed E-state index contributed by atoms with van der Waals surface area (Å²) in [6, 6.07) is 5.33. The van der Waals surface area contributed by atoms with E-state index < -0.39 is 0 Å². The molecule has 0 aliphatic rings. The molecule has 19 heavy (non-hydrogen) atoms. The van der Waals surface area contributed by atoms with Gasteiger partial charge in [0.05, 0.1) is 10.7 Å². The van der Waals surface area contributed by atoms with Crippen LogP contribution in [-0.2, 0) is 0 Å². The van der Waals surface area contributed by atoms with Crippen LogP contribution in [-0.4, -0.2) is 15.6 Å². The van der Waals surface area contributed by atoms with E-state index in [1.54, 1.807) is 29.1 Å². The van der Waals surface area contributed by atoms with Gasteiger partial charge in [0, 0.05) is 21.8 Å². The summed E-state index contributed by atoms with van der Waals surface area (Å²) >= 11 is 6.70. The van der Waals surface area contributed by atoms with Crippen LogP contribution in [0, 0.1) is 0 Å². The molecular weight excluding hydrogens is 374 g/mol. The van der Waals surface area contributed by atoms with E-state index in [0.717, 1.165) is 4.47 Å². The normalized spacial score (nSPS) is 11.0. The van der Waals surface area contributed by atoms with Crippen molar-refractivity contribution in [2.24, 2.45) is 0 Å². The Balaban J connectivity index is 2.53. The summed E-state index contributed by atoms with van der Waals surface area (Å²) in [4.78, 5) is 12.6. The molecule has 0 aliphatic heterocycles. The van der Waals surface area contributed by atoms with Gasteiger partial charge in [-0.2, -0.15) is 5.10 Å². The fourth-order valence-electron chi connectivity index (χ4n) is 1.81. The van der Waals surface area contributed by atoms with Crippen molar-refractivity contribution < 1.29 is 4.79 Å². The lowest BCUT2D eigenvalue weighted by Crippen LogP contribution is -2.15. The molecule has 1 heterocycles. The molecule has 100 valence electrons. The molecule has 0 aliphatic carbocycles. The van der Waals surface area contributed by atoms with Gasteiger partial charge in [0.15, 0.2) is 0 Å². The number of benzene rings is 1. The Kier molecular flexibility index (Phi) is 4.10. The quantitative estimate of drug-likeness (QED) is 0.644. The summed E-state index contributed by atoms with van der Waals surface area (Å²) in [5.74, 6) is -0.136. The number of anilines is 1. The average Bonchev–Trinajstić information content (AvgIpc) is 2.70. The number of nitrogens with two attached hydrogens (primary N) is 1. The molecule has 1 aromatic heterocycles. The average molecular weight is 387 g/mol. The third-order valence-electron chi connectivity index (χ3n) is 2.71. The number of nitrogens with zero attached hydrogens (tertiary/aromatic N) is 2. The van der Waals surface area contributed by atoms with Crippen LogP contribution in [0.15, 0.2) is 33.3 Å². The van der Waals surface area contributed by atoms with E-state index in [4.69, 9.17) is 5.73 Å². The Hall–Kier alpha value is -1.14. The van der Waals surface area contributed by atoms with Gasteiger partial charge in [-0.1, -0.05) is 15.9 Å². The molecule has 6 heteroatoms. The first-order valence-corrected chi connectivity index (χ1v) is 7.33. The van der Waals surface area contributed by atoms with Gasteiger partial charge in [-0.3, -0.25) is 9.48 Å². The maximum absolute atomic E-state index is 12.6. The zero-order valence-corrected chi connectivity index (χ0v) is 13.7. The number of hydrogen-bond acceptors (Lipinski definition) is 3. The standard InChI is InChI=1S/C13H13Br2N3O/c1-7(2)18-12(10(15)6-17-18)13(19)9-4-3-8(14)5-11(9)16/h3-7H,16H2,1-2H3. The van der Waals surface area contributed by atoms with Gasteiger partial charge >= 0.3 is 0 Å². The molecule has 0 saturated carbocycles. The summed E-state index contributed by atoms with van der Waals surface area (Å²) in [6.45, 7) is 3.95. The van der Waals surface area contributed by atoms with Crippen molar-refractivity contribution in [1.82, 2.24) is 9.78 Å². The van der Waals surface area contributed by atoms with Crippen molar-refractivity contribution in [2.75, 3.05) is 5.73 Å². The maximum Gasteiger partial charge on any atom is 0.214 e. The number of aromatic nitrogens is 2. The first-order valence-electron chi connectivity index (χ1n) is 5.74. The van der Waals surface area contributed by atoms with E-state index in [0.29, 0.717) is 21.4 Å². The van der Waals surface area contributed by atoms with Gasteiger partial charge in [0.25, 0.3) is 0 Å². The van der Waals surface area contributed by atoms with E-state index in [-0.39, 0.29) is 11.8 Å². The molecule has 0 unspecified atom stereocenters. The van der Waals surface area contributed by atoms with Crippen LogP contribution in [0.1, 0.15) is 35.9 Å². The second-order valence-electron chi connectivity index (χ2n) is 4.44. The van der Waals surface area contributed by atoms with Crippen LogP contribution in [0.3, 0.4) is 0 Å². The lowest BCUT2D eigenvalue weighted by molar-refractivity contribution is 0.102. The molecule has 0 atom stereocenters. The monoisotopic (exact) mass is 385 g/mol. The molecule has 0 spiro atoms. The number of ketones is 1. The van der Waals surface area contributed by atoms with E-state index in [9.17, 15) is 4.79 Å². The molecule has 1 aromatic carbocycles. The molecule has 0 bridgehead atoms. The molecule has 2 rings (SSSR count). The third-order valence-corrected chi connectivity index (χ3v) is 3.79. The van der Waals surface area contributed by atoms with E-state index in [1.165, 1.54) is 0 Å². The van der Waals surface area contributed by atoms with Gasteiger partial charge in [-0.15, -0.1) is 0 Å². The number of hydrogen-bond donors (Lipinski definition) is 1. The Morgan fingerprint density at radius 3 is 2.63 bits per heavy atom. The molecule has 0 fully saturated rings. The van der Waals surface area contributed by atoms with Gasteiger partial charge in [-0.05, 0) is 48.0 Å². The van der Waals surface area contributed by atoms with Gasteiger partial charge in [-0.25, -0.2) is 0 Å². The highest BCUT2D eigenvalue weighted by Crippen LogP contribution is 2.26. The van der Waals surface area contributed by atoms with Crippen molar-refractivity contribution in [1.29, 1.82) is 0 Å². The number of halogens is 2. The zero-order chi connectivity index (χ0) is 14.2. The van der Waals surface area contributed by atoms with Crippen molar-refractivity contribution in [2.45, 2.75) is 19.9 Å². The van der Waals surface area contributed by atoms with Crippen molar-refractivity contribution in [3.05, 3.63) is 44.6 Å². The summed E-state index contributed by atoms with van der Waals surface area (Å²) < 4.78 is 3.21. The lowest BCUT2D eigenvalue weighted by Gasteiger charge is -2.12. The number of rotatable bonds is 3. The van der Waals surface area contributed by atoms with Gasteiger partial charge < -0.3 is 5.73 Å². The fourth-order valence-corrected chi connectivity index (χ4v) is 2.65. The Morgan fingerprint density at radius 2 is 2.05 bits per heavy atom. The van der Waals surface area contributed by atoms with E-state index >= 15 is 0 Å². The van der Waals surface area contributed by atoms with Crippen LogP contribution in [0.4, 0.5) is 5.69 Å².